The number of ether oxygens (including phenoxy) is 2. The summed E-state index contributed by atoms with van der Waals surface area (Å²) < 4.78 is 40.0. The molecule has 2 aliphatic rings. The zero-order valence-corrected chi connectivity index (χ0v) is 26.7. The lowest BCUT2D eigenvalue weighted by Gasteiger charge is -2.34. The van der Waals surface area contributed by atoms with Gasteiger partial charge in [-0.25, -0.2) is 13.4 Å². The zero-order valence-electron chi connectivity index (χ0n) is 24.3. The Morgan fingerprint density at radius 3 is 2.34 bits per heavy atom. The first-order valence-corrected chi connectivity index (χ1v) is 17.3. The quantitative estimate of drug-likeness (QED) is 0.234. The number of carbonyl (C=O) groups excluding carboxylic acids is 1. The summed E-state index contributed by atoms with van der Waals surface area (Å²) >= 11 is 3.47. The Labute approximate surface area is 266 Å². The van der Waals surface area contributed by atoms with Gasteiger partial charge >= 0.3 is 0 Å². The van der Waals surface area contributed by atoms with Crippen molar-refractivity contribution >= 4 is 37.6 Å². The summed E-state index contributed by atoms with van der Waals surface area (Å²) in [5, 5.41) is 22.2. The minimum atomic E-state index is -3.75. The van der Waals surface area contributed by atoms with Crippen molar-refractivity contribution in [1.29, 1.82) is 0 Å². The lowest BCUT2D eigenvalue weighted by atomic mass is 9.84. The van der Waals surface area contributed by atoms with E-state index in [0.29, 0.717) is 55.6 Å². The van der Waals surface area contributed by atoms with Crippen LogP contribution in [0.5, 0.6) is 5.75 Å². The number of aliphatic imine (C=N–C) groups is 1. The first kappa shape index (κ1) is 32.2. The lowest BCUT2D eigenvalue weighted by Crippen LogP contribution is -2.53. The van der Waals surface area contributed by atoms with Crippen LogP contribution in [-0.4, -0.2) is 67.1 Å². The maximum atomic E-state index is 14.4. The van der Waals surface area contributed by atoms with Crippen LogP contribution >= 0.6 is 15.9 Å². The molecule has 1 fully saturated rings. The fourth-order valence-electron chi connectivity index (χ4n) is 5.57. The van der Waals surface area contributed by atoms with Gasteiger partial charge in [-0.2, -0.15) is 0 Å². The fraction of sp³-hybridized carbons (Fsp3) is 0.394. The molecule has 0 spiro atoms. The number of amides is 1. The van der Waals surface area contributed by atoms with Crippen molar-refractivity contribution in [2.45, 2.75) is 67.2 Å². The number of aliphatic hydroxyl groups excluding tert-OH is 2. The van der Waals surface area contributed by atoms with Gasteiger partial charge in [-0.15, -0.1) is 0 Å². The molecular weight excluding hydrogens is 648 g/mol. The molecule has 0 radical (unpaired) electrons. The third-order valence-electron chi connectivity index (χ3n) is 8.09. The van der Waals surface area contributed by atoms with Gasteiger partial charge in [0.05, 0.1) is 23.4 Å². The number of nitrogens with one attached hydrogen (secondary N) is 1. The van der Waals surface area contributed by atoms with E-state index in [1.165, 1.54) is 0 Å². The van der Waals surface area contributed by atoms with Gasteiger partial charge < -0.3 is 25.0 Å². The molecule has 9 nitrogen and oxygen atoms in total. The second-order valence-electron chi connectivity index (χ2n) is 11.2. The van der Waals surface area contributed by atoms with Gasteiger partial charge in [-0.3, -0.25) is 4.79 Å². The van der Waals surface area contributed by atoms with Gasteiger partial charge in [0.25, 0.3) is 5.91 Å². The Kier molecular flexibility index (Phi) is 10.4. The van der Waals surface area contributed by atoms with E-state index in [1.807, 2.05) is 24.3 Å². The van der Waals surface area contributed by atoms with Crippen molar-refractivity contribution < 1.29 is 32.9 Å². The van der Waals surface area contributed by atoms with Crippen molar-refractivity contribution in [3.63, 3.8) is 0 Å². The van der Waals surface area contributed by atoms with Crippen LogP contribution in [0.3, 0.4) is 0 Å². The van der Waals surface area contributed by atoms with Crippen LogP contribution < -0.4 is 10.1 Å². The summed E-state index contributed by atoms with van der Waals surface area (Å²) in [5.41, 5.74) is -0.289. The summed E-state index contributed by atoms with van der Waals surface area (Å²) in [7, 11) is -3.75. The van der Waals surface area contributed by atoms with Gasteiger partial charge in [0.2, 0.25) is 5.90 Å². The Hall–Kier alpha value is -3.25. The van der Waals surface area contributed by atoms with E-state index in [9.17, 15) is 18.3 Å². The van der Waals surface area contributed by atoms with Crippen LogP contribution in [-0.2, 0) is 19.4 Å². The van der Waals surface area contributed by atoms with E-state index in [2.05, 4.69) is 21.2 Å². The highest BCUT2D eigenvalue weighted by molar-refractivity contribution is 9.10. The first-order chi connectivity index (χ1) is 21.2. The van der Waals surface area contributed by atoms with Crippen molar-refractivity contribution in [3.8, 4) is 5.75 Å². The summed E-state index contributed by atoms with van der Waals surface area (Å²) in [4.78, 5) is 19.5. The number of aliphatic hydroxyl groups is 2. The van der Waals surface area contributed by atoms with Gasteiger partial charge in [-0.1, -0.05) is 46.3 Å². The molecule has 1 heterocycles. The number of rotatable bonds is 12. The highest BCUT2D eigenvalue weighted by Crippen LogP contribution is 2.43. The third kappa shape index (κ3) is 7.51. The number of sulfone groups is 1. The first-order valence-electron chi connectivity index (χ1n) is 14.8. The smallest absolute Gasteiger partial charge is 0.252 e. The third-order valence-corrected chi connectivity index (χ3v) is 10.3. The van der Waals surface area contributed by atoms with Crippen molar-refractivity contribution in [3.05, 3.63) is 94.5 Å². The largest absolute Gasteiger partial charge is 0.494 e. The summed E-state index contributed by atoms with van der Waals surface area (Å²) in [6.07, 6.45) is 1.49. The summed E-state index contributed by atoms with van der Waals surface area (Å²) in [6.45, 7) is 0.405. The van der Waals surface area contributed by atoms with Crippen LogP contribution in [0.2, 0.25) is 0 Å². The second kappa shape index (κ2) is 14.2. The molecule has 0 bridgehead atoms. The molecule has 3 aromatic carbocycles. The molecule has 1 aliphatic heterocycles. The second-order valence-corrected chi connectivity index (χ2v) is 14.2. The van der Waals surface area contributed by atoms with Crippen LogP contribution in [0.1, 0.15) is 55.8 Å². The number of halogens is 1. The molecule has 0 saturated heterocycles. The van der Waals surface area contributed by atoms with Crippen LogP contribution in [0.25, 0.3) is 0 Å². The van der Waals surface area contributed by atoms with Crippen molar-refractivity contribution in [1.82, 2.24) is 5.32 Å². The Balaban J connectivity index is 1.53. The van der Waals surface area contributed by atoms with E-state index < -0.39 is 33.5 Å². The predicted octanol–water partition coefficient (Wildman–Crippen LogP) is 4.75. The number of carbonyl (C=O) groups is 1. The molecule has 1 aliphatic carbocycles. The molecular formula is C33H37BrN2O7S. The van der Waals surface area contributed by atoms with Gasteiger partial charge in [0.1, 0.15) is 5.75 Å². The normalized spacial score (nSPS) is 23.4. The summed E-state index contributed by atoms with van der Waals surface area (Å²) in [5.74, 6) is 0.112. The number of benzene rings is 3. The topological polar surface area (TPSA) is 135 Å². The molecule has 234 valence electrons. The van der Waals surface area contributed by atoms with Gasteiger partial charge in [-0.05, 0) is 79.8 Å². The molecule has 1 amide bonds. The van der Waals surface area contributed by atoms with E-state index in [4.69, 9.17) is 19.6 Å². The standard InChI is InChI=1S/C33H37BrN2O7S/c34-25-11-7-23(8-12-25)30-33(32(39)35-26-13-15-27(38)16-14-26,19-22-44(40,41)29-5-2-1-3-6-29)36-31(43-30)24-9-17-28(18-10-24)42-21-4-20-37/h1-3,5-12,17-18,26-27,30,37-38H,4,13-16,19-22H2,(H,35,39)/t26?,27?,30-,33-/m1/s1. The molecule has 5 rings (SSSR count). The van der Waals surface area contributed by atoms with Crippen LogP contribution in [0.15, 0.2) is 93.2 Å². The lowest BCUT2D eigenvalue weighted by molar-refractivity contribution is -0.130. The van der Waals surface area contributed by atoms with E-state index in [-0.39, 0.29) is 35.6 Å². The number of nitrogens with zero attached hydrogens (tertiary/aromatic N) is 1. The number of hydrogen-bond acceptors (Lipinski definition) is 8. The van der Waals surface area contributed by atoms with Crippen LogP contribution in [0.4, 0.5) is 0 Å². The van der Waals surface area contributed by atoms with Crippen LogP contribution in [0, 0.1) is 0 Å². The maximum absolute atomic E-state index is 14.4. The minimum Gasteiger partial charge on any atom is -0.494 e. The highest BCUT2D eigenvalue weighted by Gasteiger charge is 2.54. The molecule has 3 N–H and O–H groups in total. The van der Waals surface area contributed by atoms with E-state index >= 15 is 0 Å². The molecule has 0 unspecified atom stereocenters. The molecule has 11 heteroatoms. The zero-order chi connectivity index (χ0) is 31.2. The van der Waals surface area contributed by atoms with Gasteiger partial charge in [0, 0.05) is 35.5 Å². The molecule has 2 atom stereocenters. The van der Waals surface area contributed by atoms with Gasteiger partial charge in [0.15, 0.2) is 21.5 Å². The Morgan fingerprint density at radius 1 is 1.00 bits per heavy atom. The van der Waals surface area contributed by atoms with E-state index in [1.54, 1.807) is 54.6 Å². The molecule has 3 aromatic rings. The average molecular weight is 686 g/mol. The Bertz CT molecular complexity index is 1540. The molecule has 0 aromatic heterocycles. The average Bonchev–Trinajstić information content (AvgIpc) is 3.43. The maximum Gasteiger partial charge on any atom is 0.252 e. The van der Waals surface area contributed by atoms with Crippen molar-refractivity contribution in [2.75, 3.05) is 19.0 Å². The fourth-order valence-corrected chi connectivity index (χ4v) is 7.23. The minimum absolute atomic E-state index is 0.0335. The monoisotopic (exact) mass is 684 g/mol. The number of hydrogen-bond donors (Lipinski definition) is 3. The highest BCUT2D eigenvalue weighted by atomic mass is 79.9. The molecule has 44 heavy (non-hydrogen) atoms. The Morgan fingerprint density at radius 2 is 1.68 bits per heavy atom. The summed E-state index contributed by atoms with van der Waals surface area (Å²) in [6, 6.07) is 22.5. The van der Waals surface area contributed by atoms with Crippen molar-refractivity contribution in [2.24, 2.45) is 4.99 Å². The van der Waals surface area contributed by atoms with E-state index in [0.717, 1.165) is 4.47 Å². The SMILES string of the molecule is O=C(NC1CCC(O)CC1)[C@]1(CCS(=O)(=O)c2ccccc2)N=C(c2ccc(OCCCO)cc2)O[C@@H]1c1ccc(Br)cc1. The predicted molar refractivity (Wildman–Crippen MR) is 170 cm³/mol. The molecule has 1 saturated carbocycles.